The van der Waals surface area contributed by atoms with Crippen LogP contribution in [-0.4, -0.2) is 22.6 Å². The van der Waals surface area contributed by atoms with Gasteiger partial charge in [0.2, 0.25) is 0 Å². The number of nitrogens with zero attached hydrogens (tertiary/aromatic N) is 1. The molecule has 0 atom stereocenters. The maximum Gasteiger partial charge on any atom is 0.335 e. The Labute approximate surface area is 112 Å². The van der Waals surface area contributed by atoms with Gasteiger partial charge in [0.05, 0.1) is 5.56 Å². The van der Waals surface area contributed by atoms with E-state index in [-0.39, 0.29) is 0 Å². The number of rotatable bonds is 5. The van der Waals surface area contributed by atoms with Crippen LogP contribution >= 0.6 is 0 Å². The van der Waals surface area contributed by atoms with Crippen LogP contribution < -0.4 is 5.32 Å². The first-order chi connectivity index (χ1) is 9.16. The van der Waals surface area contributed by atoms with Gasteiger partial charge in [-0.1, -0.05) is 12.1 Å². The van der Waals surface area contributed by atoms with Crippen molar-refractivity contribution in [3.05, 3.63) is 59.4 Å². The van der Waals surface area contributed by atoms with Gasteiger partial charge in [-0.3, -0.25) is 4.98 Å². The predicted molar refractivity (Wildman–Crippen MR) is 74.6 cm³/mol. The molecule has 1 aromatic carbocycles. The van der Waals surface area contributed by atoms with Crippen molar-refractivity contribution in [1.82, 2.24) is 4.98 Å². The molecule has 0 fully saturated rings. The van der Waals surface area contributed by atoms with Crippen LogP contribution in [0.4, 0.5) is 5.69 Å². The molecule has 0 aliphatic rings. The lowest BCUT2D eigenvalue weighted by molar-refractivity contribution is 0.0697. The van der Waals surface area contributed by atoms with Gasteiger partial charge in [0.15, 0.2) is 0 Å². The van der Waals surface area contributed by atoms with Crippen molar-refractivity contribution >= 4 is 11.7 Å². The Morgan fingerprint density at radius 2 is 2.00 bits per heavy atom. The van der Waals surface area contributed by atoms with Gasteiger partial charge < -0.3 is 10.4 Å². The van der Waals surface area contributed by atoms with Gasteiger partial charge in [0, 0.05) is 24.6 Å². The number of pyridine rings is 1. The Hall–Kier alpha value is -2.36. The lowest BCUT2D eigenvalue weighted by atomic mass is 10.1. The molecule has 0 unspecified atom stereocenters. The highest BCUT2D eigenvalue weighted by molar-refractivity contribution is 5.87. The smallest absolute Gasteiger partial charge is 0.335 e. The van der Waals surface area contributed by atoms with E-state index in [2.05, 4.69) is 10.3 Å². The zero-order chi connectivity index (χ0) is 13.7. The summed E-state index contributed by atoms with van der Waals surface area (Å²) in [6, 6.07) is 8.92. The molecule has 2 N–H and O–H groups in total. The van der Waals surface area contributed by atoms with Crippen molar-refractivity contribution in [3.63, 3.8) is 0 Å². The SMILES string of the molecule is Cc1cnccc1NCCc1ccc(C(=O)O)cc1. The van der Waals surface area contributed by atoms with E-state index in [0.29, 0.717) is 5.56 Å². The summed E-state index contributed by atoms with van der Waals surface area (Å²) in [7, 11) is 0. The third-order valence-corrected chi connectivity index (χ3v) is 2.95. The largest absolute Gasteiger partial charge is 0.478 e. The van der Waals surface area contributed by atoms with E-state index >= 15 is 0 Å². The fraction of sp³-hybridized carbons (Fsp3) is 0.200. The second-order valence-electron chi connectivity index (χ2n) is 4.37. The lowest BCUT2D eigenvalue weighted by Gasteiger charge is -2.08. The molecule has 0 aliphatic carbocycles. The summed E-state index contributed by atoms with van der Waals surface area (Å²) in [5.41, 5.74) is 3.63. The number of anilines is 1. The van der Waals surface area contributed by atoms with Gasteiger partial charge in [0.1, 0.15) is 0 Å². The Morgan fingerprint density at radius 3 is 2.63 bits per heavy atom. The number of aromatic nitrogens is 1. The highest BCUT2D eigenvalue weighted by atomic mass is 16.4. The normalized spacial score (nSPS) is 10.2. The molecular weight excluding hydrogens is 240 g/mol. The number of hydrogen-bond acceptors (Lipinski definition) is 3. The molecule has 4 heteroatoms. The molecule has 98 valence electrons. The topological polar surface area (TPSA) is 62.2 Å². The molecule has 0 saturated heterocycles. The first-order valence-electron chi connectivity index (χ1n) is 6.13. The second-order valence-corrected chi connectivity index (χ2v) is 4.37. The zero-order valence-electron chi connectivity index (χ0n) is 10.8. The zero-order valence-corrected chi connectivity index (χ0v) is 10.8. The number of aryl methyl sites for hydroxylation is 1. The average Bonchev–Trinajstić information content (AvgIpc) is 2.41. The Kier molecular flexibility index (Phi) is 4.13. The molecular formula is C15H16N2O2. The van der Waals surface area contributed by atoms with Gasteiger partial charge >= 0.3 is 5.97 Å². The molecule has 0 saturated carbocycles. The summed E-state index contributed by atoms with van der Waals surface area (Å²) >= 11 is 0. The minimum Gasteiger partial charge on any atom is -0.478 e. The van der Waals surface area contributed by atoms with Crippen molar-refractivity contribution in [2.75, 3.05) is 11.9 Å². The molecule has 0 bridgehead atoms. The number of nitrogens with one attached hydrogen (secondary N) is 1. The molecule has 1 aromatic heterocycles. The van der Waals surface area contributed by atoms with Crippen LogP contribution in [0.1, 0.15) is 21.5 Å². The number of aromatic carboxylic acids is 1. The Morgan fingerprint density at radius 1 is 1.26 bits per heavy atom. The van der Waals surface area contributed by atoms with Crippen molar-refractivity contribution < 1.29 is 9.90 Å². The third kappa shape index (κ3) is 3.55. The van der Waals surface area contributed by atoms with E-state index in [1.807, 2.05) is 31.3 Å². The summed E-state index contributed by atoms with van der Waals surface area (Å²) in [5.74, 6) is -0.892. The summed E-state index contributed by atoms with van der Waals surface area (Å²) < 4.78 is 0. The minimum absolute atomic E-state index is 0.321. The van der Waals surface area contributed by atoms with Crippen LogP contribution in [0.25, 0.3) is 0 Å². The second kappa shape index (κ2) is 6.00. The summed E-state index contributed by atoms with van der Waals surface area (Å²) in [5, 5.41) is 12.2. The van der Waals surface area contributed by atoms with E-state index < -0.39 is 5.97 Å². The fourth-order valence-corrected chi connectivity index (χ4v) is 1.83. The molecule has 0 radical (unpaired) electrons. The highest BCUT2D eigenvalue weighted by Crippen LogP contribution is 2.12. The number of carboxylic acids is 1. The first kappa shape index (κ1) is 13.1. The summed E-state index contributed by atoms with van der Waals surface area (Å²) in [6.45, 7) is 2.81. The lowest BCUT2D eigenvalue weighted by Crippen LogP contribution is -2.06. The Bertz CT molecular complexity index is 565. The first-order valence-corrected chi connectivity index (χ1v) is 6.13. The number of benzene rings is 1. The van der Waals surface area contributed by atoms with Gasteiger partial charge in [-0.15, -0.1) is 0 Å². The summed E-state index contributed by atoms with van der Waals surface area (Å²) in [6.07, 6.45) is 4.43. The molecule has 0 aliphatic heterocycles. The van der Waals surface area contributed by atoms with E-state index in [0.717, 1.165) is 29.8 Å². The van der Waals surface area contributed by atoms with Crippen LogP contribution in [0.5, 0.6) is 0 Å². The van der Waals surface area contributed by atoms with Crippen molar-refractivity contribution in [2.45, 2.75) is 13.3 Å². The van der Waals surface area contributed by atoms with Crippen molar-refractivity contribution in [2.24, 2.45) is 0 Å². The van der Waals surface area contributed by atoms with E-state index in [1.54, 1.807) is 18.3 Å². The van der Waals surface area contributed by atoms with Crippen molar-refractivity contribution in [3.8, 4) is 0 Å². The number of carboxylic acid groups (broad SMARTS) is 1. The molecule has 0 spiro atoms. The quantitative estimate of drug-likeness (QED) is 0.863. The van der Waals surface area contributed by atoms with E-state index in [4.69, 9.17) is 5.11 Å². The molecule has 2 aromatic rings. The van der Waals surface area contributed by atoms with Gasteiger partial charge in [0.25, 0.3) is 0 Å². The van der Waals surface area contributed by atoms with Crippen LogP contribution in [0.3, 0.4) is 0 Å². The Balaban J connectivity index is 1.89. The van der Waals surface area contributed by atoms with Crippen molar-refractivity contribution in [1.29, 1.82) is 0 Å². The van der Waals surface area contributed by atoms with Gasteiger partial charge in [-0.25, -0.2) is 4.79 Å². The maximum absolute atomic E-state index is 10.7. The monoisotopic (exact) mass is 256 g/mol. The average molecular weight is 256 g/mol. The maximum atomic E-state index is 10.7. The van der Waals surface area contributed by atoms with Gasteiger partial charge in [-0.2, -0.15) is 0 Å². The highest BCUT2D eigenvalue weighted by Gasteiger charge is 2.02. The van der Waals surface area contributed by atoms with Crippen LogP contribution in [0, 0.1) is 6.92 Å². The van der Waals surface area contributed by atoms with E-state index in [1.165, 1.54) is 0 Å². The van der Waals surface area contributed by atoms with Crippen LogP contribution in [0.15, 0.2) is 42.7 Å². The molecule has 19 heavy (non-hydrogen) atoms. The molecule has 4 nitrogen and oxygen atoms in total. The fourth-order valence-electron chi connectivity index (χ4n) is 1.83. The minimum atomic E-state index is -0.892. The van der Waals surface area contributed by atoms with Crippen LogP contribution in [0.2, 0.25) is 0 Å². The summed E-state index contributed by atoms with van der Waals surface area (Å²) in [4.78, 5) is 14.8. The number of hydrogen-bond donors (Lipinski definition) is 2. The molecule has 0 amide bonds. The van der Waals surface area contributed by atoms with Gasteiger partial charge in [-0.05, 0) is 42.7 Å². The number of carbonyl (C=O) groups is 1. The molecule has 2 rings (SSSR count). The van der Waals surface area contributed by atoms with E-state index in [9.17, 15) is 4.79 Å². The molecule has 1 heterocycles. The predicted octanol–water partition coefficient (Wildman–Crippen LogP) is 2.74. The standard InChI is InChI=1S/C15H16N2O2/c1-11-10-16-8-7-14(11)17-9-6-12-2-4-13(5-3-12)15(18)19/h2-5,7-8,10H,6,9H2,1H3,(H,16,17)(H,18,19). The third-order valence-electron chi connectivity index (χ3n) is 2.95. The van der Waals surface area contributed by atoms with Crippen LogP contribution in [-0.2, 0) is 6.42 Å².